The molecule has 0 spiro atoms. The van der Waals surface area contributed by atoms with Gasteiger partial charge in [0.05, 0.1) is 5.69 Å². The van der Waals surface area contributed by atoms with E-state index in [4.69, 9.17) is 4.98 Å². The molecule has 2 aromatic heterocycles. The fourth-order valence-electron chi connectivity index (χ4n) is 4.11. The van der Waals surface area contributed by atoms with Crippen molar-refractivity contribution < 1.29 is 0 Å². The number of nitrogens with zero attached hydrogens (tertiary/aromatic N) is 5. The van der Waals surface area contributed by atoms with Gasteiger partial charge in [-0.1, -0.05) is 11.6 Å². The molecule has 3 aromatic rings. The fourth-order valence-corrected chi connectivity index (χ4v) is 4.11. The number of hydrogen-bond donors (Lipinski definition) is 0. The van der Waals surface area contributed by atoms with E-state index in [1.54, 1.807) is 0 Å². The van der Waals surface area contributed by atoms with E-state index in [0.29, 0.717) is 0 Å². The molecule has 1 aliphatic rings. The summed E-state index contributed by atoms with van der Waals surface area (Å²) in [4.78, 5) is 9.89. The Hall–Kier alpha value is -2.24. The van der Waals surface area contributed by atoms with Gasteiger partial charge in [-0.3, -0.25) is 9.58 Å². The van der Waals surface area contributed by atoms with Gasteiger partial charge in [-0.2, -0.15) is 5.10 Å². The summed E-state index contributed by atoms with van der Waals surface area (Å²) in [6, 6.07) is 6.83. The molecule has 5 heteroatoms. The highest BCUT2D eigenvalue weighted by molar-refractivity contribution is 5.82. The summed E-state index contributed by atoms with van der Waals surface area (Å²) in [5.41, 5.74) is 8.40. The van der Waals surface area contributed by atoms with Crippen LogP contribution >= 0.6 is 0 Å². The number of aryl methyl sites for hydroxylation is 3. The van der Waals surface area contributed by atoms with E-state index < -0.39 is 0 Å². The summed E-state index contributed by atoms with van der Waals surface area (Å²) in [5.74, 6) is 0. The van der Waals surface area contributed by atoms with Crippen LogP contribution in [0.1, 0.15) is 29.2 Å². The van der Waals surface area contributed by atoms with E-state index in [2.05, 4.69) is 74.0 Å². The molecule has 1 fully saturated rings. The van der Waals surface area contributed by atoms with E-state index in [9.17, 15) is 0 Å². The third kappa shape index (κ3) is 3.69. The number of hydrogen-bond acceptors (Lipinski definition) is 4. The Morgan fingerprint density at radius 2 is 1.75 bits per heavy atom. The lowest BCUT2D eigenvalue weighted by Crippen LogP contribution is -2.44. The Balaban J connectivity index is 1.71. The van der Waals surface area contributed by atoms with Crippen molar-refractivity contribution in [2.24, 2.45) is 0 Å². The number of piperazine rings is 1. The van der Waals surface area contributed by atoms with Crippen LogP contribution in [-0.4, -0.2) is 57.8 Å². The highest BCUT2D eigenvalue weighted by Gasteiger charge is 2.17. The quantitative estimate of drug-likeness (QED) is 0.693. The second kappa shape index (κ2) is 7.64. The summed E-state index contributed by atoms with van der Waals surface area (Å²) in [6.45, 7) is 15.1. The van der Waals surface area contributed by atoms with Crippen molar-refractivity contribution in [3.63, 3.8) is 0 Å². The summed E-state index contributed by atoms with van der Waals surface area (Å²) in [6.07, 6.45) is 2.10. The molecule has 0 atom stereocenters. The molecule has 28 heavy (non-hydrogen) atoms. The summed E-state index contributed by atoms with van der Waals surface area (Å²) >= 11 is 0. The van der Waals surface area contributed by atoms with Gasteiger partial charge in [-0.05, 0) is 63.6 Å². The van der Waals surface area contributed by atoms with Crippen LogP contribution in [0.25, 0.3) is 22.3 Å². The van der Waals surface area contributed by atoms with Crippen molar-refractivity contribution in [3.8, 4) is 11.3 Å². The number of fused-ring (bicyclic) bond motifs is 1. The zero-order valence-corrected chi connectivity index (χ0v) is 17.8. The lowest BCUT2D eigenvalue weighted by Gasteiger charge is -2.33. The number of aromatic nitrogens is 3. The standard InChI is InChI=1S/C23H31N5/c1-6-28-15-21-17(3)13-22(24-23(21)25-28)20-12-16(2)11-19(18(20)4)14-27-9-7-26(5)8-10-27/h11-13,15H,6-10,14H2,1-5H3. The van der Waals surface area contributed by atoms with Gasteiger partial charge in [0.2, 0.25) is 0 Å². The van der Waals surface area contributed by atoms with Crippen molar-refractivity contribution in [3.05, 3.63) is 46.6 Å². The summed E-state index contributed by atoms with van der Waals surface area (Å²) < 4.78 is 1.97. The topological polar surface area (TPSA) is 37.2 Å². The predicted octanol–water partition coefficient (Wildman–Crippen LogP) is 3.79. The fraction of sp³-hybridized carbons (Fsp3) is 0.478. The maximum Gasteiger partial charge on any atom is 0.181 e. The van der Waals surface area contributed by atoms with E-state index >= 15 is 0 Å². The van der Waals surface area contributed by atoms with Crippen LogP contribution in [0.15, 0.2) is 24.4 Å². The smallest absolute Gasteiger partial charge is 0.181 e. The van der Waals surface area contributed by atoms with Crippen molar-refractivity contribution in [2.75, 3.05) is 33.2 Å². The Morgan fingerprint density at radius 1 is 1.00 bits per heavy atom. The maximum atomic E-state index is 4.92. The zero-order chi connectivity index (χ0) is 19.8. The first-order valence-electron chi connectivity index (χ1n) is 10.3. The third-order valence-electron chi connectivity index (χ3n) is 6.00. The van der Waals surface area contributed by atoms with Crippen molar-refractivity contribution in [2.45, 2.75) is 40.8 Å². The van der Waals surface area contributed by atoms with Crippen LogP contribution in [0.3, 0.4) is 0 Å². The molecule has 4 rings (SSSR count). The van der Waals surface area contributed by atoms with E-state index in [1.165, 1.54) is 27.8 Å². The van der Waals surface area contributed by atoms with E-state index in [-0.39, 0.29) is 0 Å². The molecule has 0 saturated carbocycles. The molecule has 0 amide bonds. The van der Waals surface area contributed by atoms with Crippen molar-refractivity contribution >= 4 is 11.0 Å². The molecular formula is C23H31N5. The molecule has 1 aliphatic heterocycles. The van der Waals surface area contributed by atoms with Gasteiger partial charge >= 0.3 is 0 Å². The van der Waals surface area contributed by atoms with Gasteiger partial charge in [0, 0.05) is 56.4 Å². The van der Waals surface area contributed by atoms with Gasteiger partial charge in [-0.25, -0.2) is 4.98 Å². The molecule has 1 aromatic carbocycles. The number of likely N-dealkylation sites (N-methyl/N-ethyl adjacent to an activating group) is 1. The van der Waals surface area contributed by atoms with E-state index in [0.717, 1.165) is 56.0 Å². The minimum atomic E-state index is 0.846. The highest BCUT2D eigenvalue weighted by Crippen LogP contribution is 2.30. The molecule has 0 radical (unpaired) electrons. The first-order valence-corrected chi connectivity index (χ1v) is 10.3. The molecular weight excluding hydrogens is 346 g/mol. The van der Waals surface area contributed by atoms with Crippen molar-refractivity contribution in [1.29, 1.82) is 0 Å². The van der Waals surface area contributed by atoms with Gasteiger partial charge in [-0.15, -0.1) is 0 Å². The molecule has 1 saturated heterocycles. The SMILES string of the molecule is CCn1cc2c(C)cc(-c3cc(C)cc(CN4CCN(C)CC4)c3C)nc2n1. The van der Waals surface area contributed by atoms with Crippen LogP contribution in [0.4, 0.5) is 0 Å². The van der Waals surface area contributed by atoms with Gasteiger partial charge in [0.25, 0.3) is 0 Å². The van der Waals surface area contributed by atoms with Gasteiger partial charge in [0.15, 0.2) is 5.65 Å². The van der Waals surface area contributed by atoms with Crippen LogP contribution in [0.2, 0.25) is 0 Å². The average Bonchev–Trinajstić information content (AvgIpc) is 3.10. The average molecular weight is 378 g/mol. The second-order valence-corrected chi connectivity index (χ2v) is 8.22. The second-order valence-electron chi connectivity index (χ2n) is 8.22. The van der Waals surface area contributed by atoms with Gasteiger partial charge < -0.3 is 4.90 Å². The normalized spacial score (nSPS) is 16.2. The van der Waals surface area contributed by atoms with Gasteiger partial charge in [0.1, 0.15) is 0 Å². The summed E-state index contributed by atoms with van der Waals surface area (Å²) in [5, 5.41) is 5.79. The Morgan fingerprint density at radius 3 is 2.46 bits per heavy atom. The number of rotatable bonds is 4. The first kappa shape index (κ1) is 19.1. The van der Waals surface area contributed by atoms with E-state index in [1.807, 2.05) is 4.68 Å². The van der Waals surface area contributed by atoms with Crippen LogP contribution < -0.4 is 0 Å². The van der Waals surface area contributed by atoms with Crippen LogP contribution in [0.5, 0.6) is 0 Å². The zero-order valence-electron chi connectivity index (χ0n) is 17.8. The highest BCUT2D eigenvalue weighted by atomic mass is 15.3. The monoisotopic (exact) mass is 377 g/mol. The Kier molecular flexibility index (Phi) is 5.21. The molecule has 5 nitrogen and oxygen atoms in total. The first-order chi connectivity index (χ1) is 13.4. The van der Waals surface area contributed by atoms with Crippen molar-refractivity contribution in [1.82, 2.24) is 24.6 Å². The minimum absolute atomic E-state index is 0.846. The molecule has 0 unspecified atom stereocenters. The predicted molar refractivity (Wildman–Crippen MR) is 116 cm³/mol. The maximum absolute atomic E-state index is 4.92. The summed E-state index contributed by atoms with van der Waals surface area (Å²) in [7, 11) is 2.21. The molecule has 0 bridgehead atoms. The largest absolute Gasteiger partial charge is 0.304 e. The minimum Gasteiger partial charge on any atom is -0.304 e. The lowest BCUT2D eigenvalue weighted by atomic mass is 9.95. The molecule has 0 aliphatic carbocycles. The van der Waals surface area contributed by atoms with Crippen LogP contribution in [-0.2, 0) is 13.1 Å². The Labute approximate surface area is 168 Å². The molecule has 148 valence electrons. The third-order valence-corrected chi connectivity index (χ3v) is 6.00. The Bertz CT molecular complexity index is 996. The number of pyridine rings is 1. The van der Waals surface area contributed by atoms with Crippen LogP contribution in [0, 0.1) is 20.8 Å². The number of benzene rings is 1. The lowest BCUT2D eigenvalue weighted by molar-refractivity contribution is 0.148. The molecule has 3 heterocycles. The molecule has 0 N–H and O–H groups in total.